The predicted molar refractivity (Wildman–Crippen MR) is 82.3 cm³/mol. The Labute approximate surface area is 129 Å². The summed E-state index contributed by atoms with van der Waals surface area (Å²) < 4.78 is 0. The van der Waals surface area contributed by atoms with Crippen LogP contribution in [-0.4, -0.2) is 29.8 Å². The van der Waals surface area contributed by atoms with Crippen molar-refractivity contribution >= 4 is 40.7 Å². The average molecular weight is 317 g/mol. The molecule has 0 saturated heterocycles. The number of rotatable bonds is 6. The molecule has 0 fully saturated rings. The molecule has 0 aliphatic rings. The summed E-state index contributed by atoms with van der Waals surface area (Å²) in [7, 11) is 0. The van der Waals surface area contributed by atoms with E-state index in [4.69, 9.17) is 23.2 Å². The fraction of sp³-hybridized carbons (Fsp3) is 0.429. The van der Waals surface area contributed by atoms with Crippen LogP contribution in [0, 0.1) is 0 Å². The van der Waals surface area contributed by atoms with Crippen molar-refractivity contribution in [1.82, 2.24) is 4.90 Å². The number of carbonyl (C=O) groups excluding carboxylic acids is 2. The van der Waals surface area contributed by atoms with Crippen LogP contribution in [0.25, 0.3) is 0 Å². The lowest BCUT2D eigenvalue weighted by molar-refractivity contribution is -0.132. The van der Waals surface area contributed by atoms with Crippen molar-refractivity contribution in [2.75, 3.05) is 18.4 Å². The smallest absolute Gasteiger partial charge is 0.243 e. The summed E-state index contributed by atoms with van der Waals surface area (Å²) in [5.74, 6) is -0.382. The Hall–Kier alpha value is -1.26. The van der Waals surface area contributed by atoms with Gasteiger partial charge in [-0.2, -0.15) is 0 Å². The lowest BCUT2D eigenvalue weighted by Crippen LogP contribution is -2.37. The van der Waals surface area contributed by atoms with Crippen LogP contribution in [0.4, 0.5) is 5.69 Å². The van der Waals surface area contributed by atoms with Gasteiger partial charge in [0.05, 0.1) is 6.54 Å². The fourth-order valence-electron chi connectivity index (χ4n) is 1.70. The molecule has 110 valence electrons. The van der Waals surface area contributed by atoms with Gasteiger partial charge >= 0.3 is 0 Å². The zero-order valence-electron chi connectivity index (χ0n) is 11.6. The minimum Gasteiger partial charge on any atom is -0.334 e. The number of benzene rings is 1. The van der Waals surface area contributed by atoms with Gasteiger partial charge in [-0.05, 0) is 24.6 Å². The molecular weight excluding hydrogens is 299 g/mol. The Morgan fingerprint density at radius 1 is 1.20 bits per heavy atom. The van der Waals surface area contributed by atoms with Crippen LogP contribution in [0.3, 0.4) is 0 Å². The minimum absolute atomic E-state index is 0.0272. The summed E-state index contributed by atoms with van der Waals surface area (Å²) in [6.07, 6.45) is 1.84. The van der Waals surface area contributed by atoms with Gasteiger partial charge in [0.25, 0.3) is 0 Å². The first-order valence-electron chi connectivity index (χ1n) is 6.43. The largest absolute Gasteiger partial charge is 0.334 e. The topological polar surface area (TPSA) is 49.4 Å². The van der Waals surface area contributed by atoms with Gasteiger partial charge in [0.15, 0.2) is 0 Å². The fourth-order valence-corrected chi connectivity index (χ4v) is 2.22. The lowest BCUT2D eigenvalue weighted by atomic mass is 10.3. The quantitative estimate of drug-likeness (QED) is 0.872. The maximum Gasteiger partial charge on any atom is 0.243 e. The van der Waals surface area contributed by atoms with Crippen molar-refractivity contribution in [2.24, 2.45) is 0 Å². The number of carbonyl (C=O) groups is 2. The van der Waals surface area contributed by atoms with Crippen molar-refractivity contribution in [2.45, 2.75) is 26.7 Å². The van der Waals surface area contributed by atoms with E-state index in [2.05, 4.69) is 5.32 Å². The van der Waals surface area contributed by atoms with E-state index >= 15 is 0 Å². The Balaban J connectivity index is 2.63. The van der Waals surface area contributed by atoms with Crippen molar-refractivity contribution in [1.29, 1.82) is 0 Å². The van der Waals surface area contributed by atoms with E-state index in [-0.39, 0.29) is 18.4 Å². The molecule has 0 saturated carbocycles. The van der Waals surface area contributed by atoms with Crippen molar-refractivity contribution in [3.8, 4) is 0 Å². The molecule has 0 bridgehead atoms. The van der Waals surface area contributed by atoms with Gasteiger partial charge in [-0.15, -0.1) is 0 Å². The van der Waals surface area contributed by atoms with Crippen molar-refractivity contribution < 1.29 is 9.59 Å². The first-order chi connectivity index (χ1) is 9.42. The van der Waals surface area contributed by atoms with Crippen LogP contribution in [0.1, 0.15) is 26.7 Å². The molecule has 4 nitrogen and oxygen atoms in total. The van der Waals surface area contributed by atoms with E-state index in [0.717, 1.165) is 12.8 Å². The van der Waals surface area contributed by atoms with Crippen LogP contribution in [0.2, 0.25) is 10.0 Å². The van der Waals surface area contributed by atoms with Crippen LogP contribution >= 0.6 is 23.2 Å². The summed E-state index contributed by atoms with van der Waals surface area (Å²) in [6.45, 7) is 4.10. The average Bonchev–Trinajstić information content (AvgIpc) is 2.32. The van der Waals surface area contributed by atoms with Gasteiger partial charge in [0.2, 0.25) is 11.8 Å². The number of nitrogens with zero attached hydrogens (tertiary/aromatic N) is 1. The maximum atomic E-state index is 11.9. The van der Waals surface area contributed by atoms with Crippen molar-refractivity contribution in [3.63, 3.8) is 0 Å². The normalized spacial score (nSPS) is 10.2. The SMILES string of the molecule is CCCCN(CC(=O)Nc1cc(Cl)cc(Cl)c1)C(C)=O. The van der Waals surface area contributed by atoms with Gasteiger partial charge in [-0.3, -0.25) is 9.59 Å². The molecule has 1 N–H and O–H groups in total. The standard InChI is InChI=1S/C14H18Cl2N2O2/c1-3-4-5-18(10(2)19)9-14(20)17-13-7-11(15)6-12(16)8-13/h6-8H,3-5,9H2,1-2H3,(H,17,20). The van der Waals surface area contributed by atoms with Gasteiger partial charge in [-0.25, -0.2) is 0 Å². The molecule has 0 atom stereocenters. The third kappa shape index (κ3) is 5.80. The zero-order chi connectivity index (χ0) is 15.1. The van der Waals surface area contributed by atoms with Crippen LogP contribution in [0.5, 0.6) is 0 Å². The molecule has 20 heavy (non-hydrogen) atoms. The Morgan fingerprint density at radius 3 is 2.30 bits per heavy atom. The highest BCUT2D eigenvalue weighted by Gasteiger charge is 2.13. The van der Waals surface area contributed by atoms with Crippen molar-refractivity contribution in [3.05, 3.63) is 28.2 Å². The molecule has 0 aromatic heterocycles. The Morgan fingerprint density at radius 2 is 1.80 bits per heavy atom. The minimum atomic E-state index is -0.269. The Kier molecular flexibility index (Phi) is 6.82. The van der Waals surface area contributed by atoms with E-state index in [0.29, 0.717) is 22.3 Å². The lowest BCUT2D eigenvalue weighted by Gasteiger charge is -2.20. The highest BCUT2D eigenvalue weighted by atomic mass is 35.5. The molecule has 6 heteroatoms. The first-order valence-corrected chi connectivity index (χ1v) is 7.19. The van der Waals surface area contributed by atoms with Crippen LogP contribution in [0.15, 0.2) is 18.2 Å². The third-order valence-electron chi connectivity index (χ3n) is 2.71. The molecule has 2 amide bonds. The maximum absolute atomic E-state index is 11.9. The second kappa shape index (κ2) is 8.12. The van der Waals surface area contributed by atoms with E-state index in [1.165, 1.54) is 11.8 Å². The monoisotopic (exact) mass is 316 g/mol. The van der Waals surface area contributed by atoms with Gasteiger partial charge < -0.3 is 10.2 Å². The second-order valence-corrected chi connectivity index (χ2v) is 5.37. The van der Waals surface area contributed by atoms with Crippen LogP contribution < -0.4 is 5.32 Å². The number of unbranched alkanes of at least 4 members (excludes halogenated alkanes) is 1. The molecule has 1 rings (SSSR count). The number of amides is 2. The number of nitrogens with one attached hydrogen (secondary N) is 1. The molecule has 1 aromatic carbocycles. The van der Waals surface area contributed by atoms with E-state index in [9.17, 15) is 9.59 Å². The summed E-state index contributed by atoms with van der Waals surface area (Å²) in [4.78, 5) is 24.9. The highest BCUT2D eigenvalue weighted by Crippen LogP contribution is 2.22. The molecular formula is C14H18Cl2N2O2. The van der Waals surface area contributed by atoms with Gasteiger partial charge in [-0.1, -0.05) is 36.5 Å². The first kappa shape index (κ1) is 16.8. The van der Waals surface area contributed by atoms with E-state index in [1.54, 1.807) is 18.2 Å². The second-order valence-electron chi connectivity index (χ2n) is 4.50. The summed E-state index contributed by atoms with van der Waals surface area (Å²) >= 11 is 11.7. The predicted octanol–water partition coefficient (Wildman–Crippen LogP) is 3.58. The molecule has 0 aliphatic carbocycles. The van der Waals surface area contributed by atoms with Crippen LogP contribution in [-0.2, 0) is 9.59 Å². The summed E-state index contributed by atoms with van der Waals surface area (Å²) in [6, 6.07) is 4.80. The molecule has 1 aromatic rings. The number of halogens is 2. The number of hydrogen-bond donors (Lipinski definition) is 1. The molecule has 0 radical (unpaired) electrons. The molecule has 0 aliphatic heterocycles. The molecule has 0 spiro atoms. The summed E-state index contributed by atoms with van der Waals surface area (Å²) in [5.41, 5.74) is 0.520. The number of hydrogen-bond acceptors (Lipinski definition) is 2. The summed E-state index contributed by atoms with van der Waals surface area (Å²) in [5, 5.41) is 3.58. The van der Waals surface area contributed by atoms with E-state index in [1.807, 2.05) is 6.92 Å². The van der Waals surface area contributed by atoms with Gasteiger partial charge in [0, 0.05) is 29.2 Å². The Bertz CT molecular complexity index is 472. The van der Waals surface area contributed by atoms with E-state index < -0.39 is 0 Å². The van der Waals surface area contributed by atoms with Gasteiger partial charge in [0.1, 0.15) is 0 Å². The third-order valence-corrected chi connectivity index (χ3v) is 3.14. The molecule has 0 heterocycles. The number of anilines is 1. The zero-order valence-corrected chi connectivity index (χ0v) is 13.1. The molecule has 0 unspecified atom stereocenters. The highest BCUT2D eigenvalue weighted by molar-refractivity contribution is 6.35.